The SMILES string of the molecule is CCc1cc(F)c(F)c(Nc2ccc(I)cc2F)c1NS(=O)(=O)C1(CC(O)CO)CC1. The smallest absolute Gasteiger partial charge is 0.238 e. The van der Waals surface area contributed by atoms with Crippen molar-refractivity contribution in [2.75, 3.05) is 16.6 Å². The van der Waals surface area contributed by atoms with Crippen molar-refractivity contribution in [2.24, 2.45) is 0 Å². The number of benzene rings is 2. The maximum atomic E-state index is 14.8. The Balaban J connectivity index is 2.06. The van der Waals surface area contributed by atoms with Gasteiger partial charge in [0, 0.05) is 3.57 Å². The predicted octanol–water partition coefficient (Wildman–Crippen LogP) is 4.03. The number of anilines is 3. The molecule has 2 aromatic rings. The maximum absolute atomic E-state index is 14.8. The molecule has 4 N–H and O–H groups in total. The van der Waals surface area contributed by atoms with Crippen LogP contribution in [-0.2, 0) is 16.4 Å². The first-order valence-electron chi connectivity index (χ1n) is 9.58. The molecule has 0 aromatic heterocycles. The molecule has 1 aliphatic rings. The third-order valence-electron chi connectivity index (χ3n) is 5.31. The third kappa shape index (κ3) is 4.94. The van der Waals surface area contributed by atoms with E-state index in [0.717, 1.165) is 6.07 Å². The van der Waals surface area contributed by atoms with Crippen molar-refractivity contribution in [2.45, 2.75) is 43.5 Å². The van der Waals surface area contributed by atoms with E-state index in [9.17, 15) is 26.7 Å². The minimum Gasteiger partial charge on any atom is -0.394 e. The van der Waals surface area contributed by atoms with E-state index in [4.69, 9.17) is 5.11 Å². The van der Waals surface area contributed by atoms with Crippen LogP contribution < -0.4 is 10.0 Å². The van der Waals surface area contributed by atoms with Gasteiger partial charge < -0.3 is 15.5 Å². The second-order valence-electron chi connectivity index (χ2n) is 7.51. The van der Waals surface area contributed by atoms with Gasteiger partial charge >= 0.3 is 0 Å². The number of nitrogens with one attached hydrogen (secondary N) is 2. The van der Waals surface area contributed by atoms with Crippen LogP contribution in [0.25, 0.3) is 0 Å². The van der Waals surface area contributed by atoms with Gasteiger partial charge in [-0.15, -0.1) is 0 Å². The number of hydrogen-bond donors (Lipinski definition) is 4. The lowest BCUT2D eigenvalue weighted by Gasteiger charge is -2.23. The highest BCUT2D eigenvalue weighted by Crippen LogP contribution is 2.49. The van der Waals surface area contributed by atoms with E-state index in [1.807, 2.05) is 22.6 Å². The van der Waals surface area contributed by atoms with Crippen molar-refractivity contribution in [1.82, 2.24) is 0 Å². The predicted molar refractivity (Wildman–Crippen MR) is 120 cm³/mol. The monoisotopic (exact) mass is 570 g/mol. The minimum atomic E-state index is -4.15. The highest BCUT2D eigenvalue weighted by atomic mass is 127. The number of aliphatic hydroxyl groups is 2. The molecule has 1 atom stereocenters. The van der Waals surface area contributed by atoms with Crippen molar-refractivity contribution < 1.29 is 31.8 Å². The molecule has 1 aliphatic carbocycles. The molecule has 0 bridgehead atoms. The molecule has 3 rings (SSSR count). The van der Waals surface area contributed by atoms with Gasteiger partial charge in [0.05, 0.1) is 28.8 Å². The summed E-state index contributed by atoms with van der Waals surface area (Å²) in [5.74, 6) is -3.27. The van der Waals surface area contributed by atoms with Crippen LogP contribution in [0.3, 0.4) is 0 Å². The normalized spacial score (nSPS) is 16.1. The summed E-state index contributed by atoms with van der Waals surface area (Å²) in [6.07, 6.45) is -0.755. The van der Waals surface area contributed by atoms with E-state index in [-0.39, 0.29) is 42.6 Å². The zero-order valence-corrected chi connectivity index (χ0v) is 19.5. The standard InChI is InChI=1S/C20H22F3IN2O4S/c1-2-11-7-15(22)17(23)19(25-16-4-3-12(24)8-14(16)21)18(11)26-31(29,30)20(5-6-20)9-13(28)10-27/h3-4,7-8,13,25-28H,2,5-6,9-10H2,1H3. The molecule has 31 heavy (non-hydrogen) atoms. The van der Waals surface area contributed by atoms with Gasteiger partial charge in [-0.25, -0.2) is 21.6 Å². The zero-order valence-electron chi connectivity index (χ0n) is 16.6. The molecule has 0 aliphatic heterocycles. The van der Waals surface area contributed by atoms with Gasteiger partial charge in [-0.3, -0.25) is 4.72 Å². The fourth-order valence-electron chi connectivity index (χ4n) is 3.38. The summed E-state index contributed by atoms with van der Waals surface area (Å²) < 4.78 is 71.1. The van der Waals surface area contributed by atoms with E-state index in [1.54, 1.807) is 13.0 Å². The van der Waals surface area contributed by atoms with Crippen LogP contribution in [-0.4, -0.2) is 36.1 Å². The number of rotatable bonds is 9. The van der Waals surface area contributed by atoms with E-state index in [1.165, 1.54) is 12.1 Å². The highest BCUT2D eigenvalue weighted by molar-refractivity contribution is 14.1. The number of sulfonamides is 1. The Morgan fingerprint density at radius 3 is 2.39 bits per heavy atom. The molecule has 1 unspecified atom stereocenters. The van der Waals surface area contributed by atoms with Crippen LogP contribution in [0.2, 0.25) is 0 Å². The molecule has 1 fully saturated rings. The van der Waals surface area contributed by atoms with Gasteiger partial charge in [-0.2, -0.15) is 0 Å². The molecule has 6 nitrogen and oxygen atoms in total. The average Bonchev–Trinajstić information content (AvgIpc) is 3.50. The van der Waals surface area contributed by atoms with E-state index >= 15 is 0 Å². The Bertz CT molecular complexity index is 1090. The Morgan fingerprint density at radius 1 is 1.16 bits per heavy atom. The largest absolute Gasteiger partial charge is 0.394 e. The Hall–Kier alpha value is -1.57. The summed E-state index contributed by atoms with van der Waals surface area (Å²) in [5.41, 5.74) is -0.721. The zero-order chi connectivity index (χ0) is 23.0. The third-order valence-corrected chi connectivity index (χ3v) is 8.16. The maximum Gasteiger partial charge on any atom is 0.238 e. The fourth-order valence-corrected chi connectivity index (χ4v) is 5.60. The fraction of sp³-hybridized carbons (Fsp3) is 0.400. The quantitative estimate of drug-likeness (QED) is 0.342. The van der Waals surface area contributed by atoms with Crippen molar-refractivity contribution in [3.63, 3.8) is 0 Å². The average molecular weight is 570 g/mol. The molecular weight excluding hydrogens is 548 g/mol. The Kier molecular flexibility index (Phi) is 7.08. The molecule has 0 saturated heterocycles. The van der Waals surface area contributed by atoms with E-state index in [0.29, 0.717) is 3.57 Å². The molecule has 0 heterocycles. The molecular formula is C20H22F3IN2O4S. The van der Waals surface area contributed by atoms with Crippen LogP contribution >= 0.6 is 22.6 Å². The second-order valence-corrected chi connectivity index (χ2v) is 10.8. The summed E-state index contributed by atoms with van der Waals surface area (Å²) in [6.45, 7) is 1.05. The molecule has 1 saturated carbocycles. The van der Waals surface area contributed by atoms with Gasteiger partial charge in [-0.1, -0.05) is 6.92 Å². The Labute approximate surface area is 192 Å². The van der Waals surface area contributed by atoms with Gasteiger partial charge in [-0.05, 0) is 78.1 Å². The number of halogens is 4. The molecule has 11 heteroatoms. The summed E-state index contributed by atoms with van der Waals surface area (Å²) >= 11 is 1.90. The summed E-state index contributed by atoms with van der Waals surface area (Å²) in [7, 11) is -4.15. The van der Waals surface area contributed by atoms with Gasteiger partial charge in [0.2, 0.25) is 10.0 Å². The lowest BCUT2D eigenvalue weighted by atomic mass is 10.1. The van der Waals surface area contributed by atoms with Crippen LogP contribution in [0.4, 0.5) is 30.2 Å². The van der Waals surface area contributed by atoms with Crippen LogP contribution in [0.1, 0.15) is 31.7 Å². The molecule has 0 radical (unpaired) electrons. The Morgan fingerprint density at radius 2 is 1.84 bits per heavy atom. The first kappa shape index (κ1) is 24.1. The number of aliphatic hydroxyl groups excluding tert-OH is 2. The van der Waals surface area contributed by atoms with Crippen LogP contribution in [0.15, 0.2) is 24.3 Å². The van der Waals surface area contributed by atoms with E-state index in [2.05, 4.69) is 10.0 Å². The number of aryl methyl sites for hydroxylation is 1. The van der Waals surface area contributed by atoms with Crippen molar-refractivity contribution >= 4 is 49.7 Å². The van der Waals surface area contributed by atoms with Crippen LogP contribution in [0, 0.1) is 21.0 Å². The van der Waals surface area contributed by atoms with Crippen molar-refractivity contribution in [1.29, 1.82) is 0 Å². The lowest BCUT2D eigenvalue weighted by molar-refractivity contribution is 0.0858. The van der Waals surface area contributed by atoms with Crippen molar-refractivity contribution in [3.05, 3.63) is 50.9 Å². The van der Waals surface area contributed by atoms with Gasteiger partial charge in [0.25, 0.3) is 0 Å². The summed E-state index contributed by atoms with van der Waals surface area (Å²) in [4.78, 5) is 0. The number of hydrogen-bond acceptors (Lipinski definition) is 5. The highest BCUT2D eigenvalue weighted by Gasteiger charge is 2.55. The van der Waals surface area contributed by atoms with Gasteiger partial charge in [0.15, 0.2) is 11.6 Å². The van der Waals surface area contributed by atoms with Crippen LogP contribution in [0.5, 0.6) is 0 Å². The van der Waals surface area contributed by atoms with E-state index < -0.39 is 50.6 Å². The minimum absolute atomic E-state index is 0.149. The molecule has 0 amide bonds. The first-order chi connectivity index (χ1) is 14.5. The summed E-state index contributed by atoms with van der Waals surface area (Å²) in [5, 5.41) is 21.3. The molecule has 0 spiro atoms. The second kappa shape index (κ2) is 9.12. The topological polar surface area (TPSA) is 98.7 Å². The summed E-state index contributed by atoms with van der Waals surface area (Å²) in [6, 6.07) is 4.99. The lowest BCUT2D eigenvalue weighted by Crippen LogP contribution is -2.35. The van der Waals surface area contributed by atoms with Gasteiger partial charge in [0.1, 0.15) is 11.5 Å². The van der Waals surface area contributed by atoms with Crippen molar-refractivity contribution in [3.8, 4) is 0 Å². The first-order valence-corrected chi connectivity index (χ1v) is 12.1. The molecule has 2 aromatic carbocycles. The molecule has 170 valence electrons.